The van der Waals surface area contributed by atoms with Crippen LogP contribution in [0.1, 0.15) is 41.6 Å². The molecule has 0 saturated heterocycles. The molecule has 0 radical (unpaired) electrons. The van der Waals surface area contributed by atoms with Crippen molar-refractivity contribution in [2.24, 2.45) is 0 Å². The Kier molecular flexibility index (Phi) is 5.30. The minimum absolute atomic E-state index is 0.0210. The van der Waals surface area contributed by atoms with Crippen molar-refractivity contribution in [2.75, 3.05) is 13.7 Å². The van der Waals surface area contributed by atoms with E-state index < -0.39 is 11.8 Å². The number of halogens is 1. The van der Waals surface area contributed by atoms with Gasteiger partial charge in [-0.3, -0.25) is 0 Å². The molecule has 0 unspecified atom stereocenters. The number of benzene rings is 1. The third kappa shape index (κ3) is 3.90. The van der Waals surface area contributed by atoms with Crippen molar-refractivity contribution < 1.29 is 13.9 Å². The number of rotatable bonds is 6. The first kappa shape index (κ1) is 14.7. The lowest BCUT2D eigenvalue weighted by Gasteiger charge is -2.07. The molecule has 1 aliphatic rings. The molecule has 1 aromatic carbocycles. The Morgan fingerprint density at radius 1 is 1.45 bits per heavy atom. The maximum atomic E-state index is 13.7. The van der Waals surface area contributed by atoms with E-state index in [-0.39, 0.29) is 5.56 Å². The van der Waals surface area contributed by atoms with E-state index in [0.717, 1.165) is 18.5 Å². The molecule has 20 heavy (non-hydrogen) atoms. The highest BCUT2D eigenvalue weighted by molar-refractivity contribution is 5.89. The fourth-order valence-electron chi connectivity index (χ4n) is 2.39. The Morgan fingerprint density at radius 2 is 2.30 bits per heavy atom. The minimum atomic E-state index is -0.643. The maximum Gasteiger partial charge on any atom is 0.340 e. The van der Waals surface area contributed by atoms with Gasteiger partial charge in [0.15, 0.2) is 0 Å². The number of hydrogen-bond donors (Lipinski definition) is 1. The Hall–Kier alpha value is -1.68. The van der Waals surface area contributed by atoms with Crippen molar-refractivity contribution in [1.29, 1.82) is 0 Å². The number of nitrogens with one attached hydrogen (secondary N) is 1. The first-order valence-electron chi connectivity index (χ1n) is 6.96. The molecule has 0 amide bonds. The van der Waals surface area contributed by atoms with Crippen LogP contribution in [0.15, 0.2) is 29.8 Å². The largest absolute Gasteiger partial charge is 0.465 e. The lowest BCUT2D eigenvalue weighted by atomic mass is 10.1. The zero-order chi connectivity index (χ0) is 14.4. The Bertz CT molecular complexity index is 511. The van der Waals surface area contributed by atoms with Crippen LogP contribution in [0.2, 0.25) is 0 Å². The molecule has 0 heterocycles. The molecule has 0 fully saturated rings. The van der Waals surface area contributed by atoms with E-state index in [2.05, 4.69) is 16.1 Å². The first-order chi connectivity index (χ1) is 9.70. The molecule has 1 aliphatic carbocycles. The van der Waals surface area contributed by atoms with Crippen LogP contribution in [-0.4, -0.2) is 19.6 Å². The van der Waals surface area contributed by atoms with Gasteiger partial charge in [0.05, 0.1) is 12.7 Å². The van der Waals surface area contributed by atoms with Crippen LogP contribution in [0.4, 0.5) is 4.39 Å². The van der Waals surface area contributed by atoms with E-state index in [1.54, 1.807) is 6.07 Å². The number of esters is 1. The highest BCUT2D eigenvalue weighted by atomic mass is 19.1. The van der Waals surface area contributed by atoms with Crippen molar-refractivity contribution in [3.05, 3.63) is 46.8 Å². The summed E-state index contributed by atoms with van der Waals surface area (Å²) in [6.45, 7) is 1.50. The third-order valence-corrected chi connectivity index (χ3v) is 3.53. The predicted molar refractivity (Wildman–Crippen MR) is 76.0 cm³/mol. The van der Waals surface area contributed by atoms with Gasteiger partial charge in [-0.25, -0.2) is 9.18 Å². The molecule has 0 bridgehead atoms. The summed E-state index contributed by atoms with van der Waals surface area (Å²) >= 11 is 0. The van der Waals surface area contributed by atoms with Crippen molar-refractivity contribution in [2.45, 2.75) is 32.2 Å². The van der Waals surface area contributed by atoms with Gasteiger partial charge in [0.2, 0.25) is 0 Å². The van der Waals surface area contributed by atoms with Gasteiger partial charge in [0, 0.05) is 6.54 Å². The lowest BCUT2D eigenvalue weighted by molar-refractivity contribution is 0.0595. The van der Waals surface area contributed by atoms with E-state index in [4.69, 9.17) is 0 Å². The average Bonchev–Trinajstić information content (AvgIpc) is 2.96. The normalized spacial score (nSPS) is 14.2. The summed E-state index contributed by atoms with van der Waals surface area (Å²) in [5, 5.41) is 3.29. The van der Waals surface area contributed by atoms with Crippen LogP contribution >= 0.6 is 0 Å². The summed E-state index contributed by atoms with van der Waals surface area (Å²) in [5.74, 6) is -1.18. The number of carbonyl (C=O) groups excluding carboxylic acids is 1. The van der Waals surface area contributed by atoms with Crippen LogP contribution in [-0.2, 0) is 11.3 Å². The summed E-state index contributed by atoms with van der Waals surface area (Å²) in [4.78, 5) is 11.3. The van der Waals surface area contributed by atoms with E-state index >= 15 is 0 Å². The van der Waals surface area contributed by atoms with Crippen LogP contribution in [0.5, 0.6) is 0 Å². The van der Waals surface area contributed by atoms with E-state index in [0.29, 0.717) is 6.54 Å². The molecule has 2 rings (SSSR count). The van der Waals surface area contributed by atoms with Crippen LogP contribution < -0.4 is 5.32 Å². The number of methoxy groups -OCH3 is 1. The van der Waals surface area contributed by atoms with Crippen molar-refractivity contribution in [1.82, 2.24) is 5.32 Å². The molecular weight excluding hydrogens is 257 g/mol. The average molecular weight is 277 g/mol. The monoisotopic (exact) mass is 277 g/mol. The van der Waals surface area contributed by atoms with Gasteiger partial charge >= 0.3 is 5.97 Å². The lowest BCUT2D eigenvalue weighted by Crippen LogP contribution is -2.15. The van der Waals surface area contributed by atoms with E-state index in [1.807, 2.05) is 0 Å². The Labute approximate surface area is 118 Å². The number of allylic oxidation sites excluding steroid dienone is 1. The predicted octanol–water partition coefficient (Wildman–Crippen LogP) is 3.20. The van der Waals surface area contributed by atoms with Crippen molar-refractivity contribution in [3.63, 3.8) is 0 Å². The van der Waals surface area contributed by atoms with Gasteiger partial charge in [-0.05, 0) is 49.9 Å². The molecule has 3 nitrogen and oxygen atoms in total. The van der Waals surface area contributed by atoms with Crippen molar-refractivity contribution >= 4 is 5.97 Å². The Morgan fingerprint density at radius 3 is 2.95 bits per heavy atom. The van der Waals surface area contributed by atoms with E-state index in [1.165, 1.54) is 44.1 Å². The molecule has 0 spiro atoms. The summed E-state index contributed by atoms with van der Waals surface area (Å²) in [7, 11) is 1.24. The quantitative estimate of drug-likeness (QED) is 0.493. The number of hydrogen-bond acceptors (Lipinski definition) is 3. The van der Waals surface area contributed by atoms with Crippen molar-refractivity contribution in [3.8, 4) is 0 Å². The zero-order valence-electron chi connectivity index (χ0n) is 11.7. The fourth-order valence-corrected chi connectivity index (χ4v) is 2.39. The highest BCUT2D eigenvalue weighted by Gasteiger charge is 2.12. The summed E-state index contributed by atoms with van der Waals surface area (Å²) in [6.07, 6.45) is 7.06. The molecule has 0 atom stereocenters. The second kappa shape index (κ2) is 7.20. The maximum absolute atomic E-state index is 13.7. The summed E-state index contributed by atoms with van der Waals surface area (Å²) < 4.78 is 18.2. The topological polar surface area (TPSA) is 38.3 Å². The van der Waals surface area contributed by atoms with E-state index in [9.17, 15) is 9.18 Å². The third-order valence-electron chi connectivity index (χ3n) is 3.53. The standard InChI is InChI=1S/C16H20FNO2/c1-20-16(19)14-7-6-13(10-15(14)17)11-18-9-8-12-4-2-3-5-12/h4,6-7,10,18H,2-3,5,8-9,11H2,1H3. The molecule has 0 aromatic heterocycles. The number of carbonyl (C=O) groups is 1. The highest BCUT2D eigenvalue weighted by Crippen LogP contribution is 2.19. The minimum Gasteiger partial charge on any atom is -0.465 e. The molecule has 1 aromatic rings. The molecule has 0 aliphatic heterocycles. The van der Waals surface area contributed by atoms with Gasteiger partial charge in [-0.2, -0.15) is 0 Å². The molecule has 1 N–H and O–H groups in total. The van der Waals surface area contributed by atoms with Gasteiger partial charge < -0.3 is 10.1 Å². The molecular formula is C16H20FNO2. The van der Waals surface area contributed by atoms with Crippen LogP contribution in [0.3, 0.4) is 0 Å². The summed E-state index contributed by atoms with van der Waals surface area (Å²) in [6, 6.07) is 4.60. The first-order valence-corrected chi connectivity index (χ1v) is 6.96. The fraction of sp³-hybridized carbons (Fsp3) is 0.438. The van der Waals surface area contributed by atoms with Crippen LogP contribution in [0.25, 0.3) is 0 Å². The summed E-state index contributed by atoms with van der Waals surface area (Å²) in [5.41, 5.74) is 2.33. The van der Waals surface area contributed by atoms with Crippen LogP contribution in [0, 0.1) is 5.82 Å². The SMILES string of the molecule is COC(=O)c1ccc(CNCCC2=CCCC2)cc1F. The molecule has 4 heteroatoms. The van der Waals surface area contributed by atoms with Gasteiger partial charge in [0.1, 0.15) is 5.82 Å². The smallest absolute Gasteiger partial charge is 0.340 e. The number of ether oxygens (including phenoxy) is 1. The van der Waals surface area contributed by atoms with Gasteiger partial charge in [0.25, 0.3) is 0 Å². The zero-order valence-corrected chi connectivity index (χ0v) is 11.7. The molecule has 108 valence electrons. The van der Waals surface area contributed by atoms with Gasteiger partial charge in [-0.15, -0.1) is 0 Å². The second-order valence-electron chi connectivity index (χ2n) is 4.99. The van der Waals surface area contributed by atoms with Gasteiger partial charge in [-0.1, -0.05) is 17.7 Å². The Balaban J connectivity index is 1.81. The molecule has 0 saturated carbocycles. The second-order valence-corrected chi connectivity index (χ2v) is 4.99.